The molecule has 4 aromatic carbocycles. The Morgan fingerprint density at radius 3 is 2.44 bits per heavy atom. The summed E-state index contributed by atoms with van der Waals surface area (Å²) in [5.41, 5.74) is 0.903. The molecule has 0 fully saturated rings. The molecule has 0 aliphatic carbocycles. The van der Waals surface area contributed by atoms with Crippen molar-refractivity contribution in [3.63, 3.8) is 0 Å². The lowest BCUT2D eigenvalue weighted by Crippen LogP contribution is -2.17. The minimum absolute atomic E-state index is 0.116. The third kappa shape index (κ3) is 6.94. The average Bonchev–Trinajstić information content (AvgIpc) is 3.48. The number of rotatable bonds is 8. The van der Waals surface area contributed by atoms with Crippen molar-refractivity contribution in [2.45, 2.75) is 18.9 Å². The number of carbonyl (C=O) groups is 1. The van der Waals surface area contributed by atoms with Crippen LogP contribution in [0.3, 0.4) is 0 Å². The third-order valence-corrected chi connectivity index (χ3v) is 7.04. The smallest absolute Gasteiger partial charge is 0.435 e. The highest BCUT2D eigenvalue weighted by Crippen LogP contribution is 2.33. The van der Waals surface area contributed by atoms with Crippen LogP contribution in [0.5, 0.6) is 5.75 Å². The van der Waals surface area contributed by atoms with Crippen LogP contribution in [0.1, 0.15) is 44.5 Å². The molecule has 1 aromatic heterocycles. The van der Waals surface area contributed by atoms with Crippen molar-refractivity contribution in [2.75, 3.05) is 5.32 Å². The van der Waals surface area contributed by atoms with Crippen molar-refractivity contribution < 1.29 is 27.8 Å². The summed E-state index contributed by atoms with van der Waals surface area (Å²) in [5.74, 6) is -0.268. The highest BCUT2D eigenvalue weighted by molar-refractivity contribution is 9.10. The molecule has 11 heteroatoms. The Morgan fingerprint density at radius 2 is 1.72 bits per heavy atom. The van der Waals surface area contributed by atoms with E-state index in [1.165, 1.54) is 30.3 Å². The molecular weight excluding hydrogens is 625 g/mol. The average molecular weight is 647 g/mol. The van der Waals surface area contributed by atoms with Gasteiger partial charge in [-0.1, -0.05) is 54.6 Å². The minimum Gasteiger partial charge on any atom is -0.488 e. The summed E-state index contributed by atoms with van der Waals surface area (Å²) in [5, 5.41) is 26.5. The Hall–Kier alpha value is -4.92. The zero-order valence-electron chi connectivity index (χ0n) is 22.2. The van der Waals surface area contributed by atoms with Crippen molar-refractivity contribution in [3.05, 3.63) is 141 Å². The highest BCUT2D eigenvalue weighted by Gasteiger charge is 2.36. The first kappa shape index (κ1) is 29.6. The lowest BCUT2D eigenvalue weighted by molar-refractivity contribution is -0.141. The van der Waals surface area contributed by atoms with Crippen LogP contribution >= 0.6 is 15.9 Å². The largest absolute Gasteiger partial charge is 0.488 e. The number of benzene rings is 4. The van der Waals surface area contributed by atoms with Gasteiger partial charge in [-0.05, 0) is 75.1 Å². The maximum absolute atomic E-state index is 13.5. The number of nitrogens with zero attached hydrogens (tertiary/aromatic N) is 3. The van der Waals surface area contributed by atoms with Crippen molar-refractivity contribution in [3.8, 4) is 17.5 Å². The van der Waals surface area contributed by atoms with E-state index in [4.69, 9.17) is 4.74 Å². The number of aromatic nitrogens is 2. The van der Waals surface area contributed by atoms with Crippen LogP contribution in [0.4, 0.5) is 18.9 Å². The van der Waals surface area contributed by atoms with Gasteiger partial charge in [-0.2, -0.15) is 23.5 Å². The van der Waals surface area contributed by atoms with E-state index in [1.807, 2.05) is 36.4 Å². The first-order valence-electron chi connectivity index (χ1n) is 12.9. The fourth-order valence-corrected chi connectivity index (χ4v) is 4.81. The SMILES string of the molecule is N#Cc1cccc(-n2nc(C(F)(F)F)cc2C(=O)Nc2cccc(C(O)c3ccc(OCc4ccccc4)c(Br)c3)c2)c1. The second-order valence-corrected chi connectivity index (χ2v) is 10.3. The van der Waals surface area contributed by atoms with E-state index in [-0.39, 0.29) is 22.6 Å². The Kier molecular flexibility index (Phi) is 8.61. The molecule has 0 spiro atoms. The zero-order valence-corrected chi connectivity index (χ0v) is 23.8. The monoisotopic (exact) mass is 646 g/mol. The number of aliphatic hydroxyl groups excluding tert-OH is 1. The summed E-state index contributed by atoms with van der Waals surface area (Å²) in [6.45, 7) is 0.371. The molecule has 0 bridgehead atoms. The van der Waals surface area contributed by atoms with Crippen LogP contribution < -0.4 is 10.1 Å². The van der Waals surface area contributed by atoms with Gasteiger partial charge in [-0.3, -0.25) is 4.79 Å². The number of aliphatic hydroxyl groups is 1. The van der Waals surface area contributed by atoms with Gasteiger partial charge in [0, 0.05) is 11.8 Å². The second-order valence-electron chi connectivity index (χ2n) is 9.43. The number of amides is 1. The molecule has 0 aliphatic heterocycles. The number of nitrogens with one attached hydrogen (secondary N) is 1. The number of hydrogen-bond donors (Lipinski definition) is 2. The van der Waals surface area contributed by atoms with Gasteiger partial charge in [0.15, 0.2) is 5.69 Å². The molecule has 1 unspecified atom stereocenters. The standard InChI is InChI=1S/C32H22BrF3N4O3/c33-26-16-23(12-13-28(26)43-19-20-6-2-1-3-7-20)30(41)22-9-5-10-24(15-22)38-31(42)27-17-29(32(34,35)36)39-40(27)25-11-4-8-21(14-25)18-37/h1-17,30,41H,19H2,(H,38,42). The van der Waals surface area contributed by atoms with Crippen molar-refractivity contribution in [1.82, 2.24) is 9.78 Å². The third-order valence-electron chi connectivity index (χ3n) is 6.42. The van der Waals surface area contributed by atoms with E-state index < -0.39 is 23.9 Å². The maximum Gasteiger partial charge on any atom is 0.435 e. The first-order chi connectivity index (χ1) is 20.6. The summed E-state index contributed by atoms with van der Waals surface area (Å²) in [6.07, 6.45) is -5.87. The number of carbonyl (C=O) groups excluding carboxylic acids is 1. The van der Waals surface area contributed by atoms with E-state index >= 15 is 0 Å². The van der Waals surface area contributed by atoms with Crippen LogP contribution in [-0.2, 0) is 12.8 Å². The second kappa shape index (κ2) is 12.5. The van der Waals surface area contributed by atoms with Gasteiger partial charge in [0.05, 0.1) is 21.8 Å². The molecule has 5 rings (SSSR count). The van der Waals surface area contributed by atoms with Gasteiger partial charge in [0.25, 0.3) is 5.91 Å². The molecule has 1 atom stereocenters. The van der Waals surface area contributed by atoms with E-state index in [0.717, 1.165) is 10.2 Å². The topological polar surface area (TPSA) is 100 Å². The number of ether oxygens (including phenoxy) is 1. The lowest BCUT2D eigenvalue weighted by Gasteiger charge is -2.15. The van der Waals surface area contributed by atoms with Gasteiger partial charge in [0.1, 0.15) is 24.2 Å². The fourth-order valence-electron chi connectivity index (χ4n) is 4.30. The number of alkyl halides is 3. The normalized spacial score (nSPS) is 11.9. The number of anilines is 1. The van der Waals surface area contributed by atoms with E-state index in [1.54, 1.807) is 36.4 Å². The minimum atomic E-state index is -4.80. The summed E-state index contributed by atoms with van der Waals surface area (Å²) >= 11 is 3.49. The fraction of sp³-hybridized carbons (Fsp3) is 0.0938. The summed E-state index contributed by atoms with van der Waals surface area (Å²) in [6, 6.07) is 29.5. The molecule has 0 aliphatic rings. The Bertz CT molecular complexity index is 1820. The van der Waals surface area contributed by atoms with Gasteiger partial charge >= 0.3 is 6.18 Å². The predicted molar refractivity (Wildman–Crippen MR) is 157 cm³/mol. The van der Waals surface area contributed by atoms with Crippen LogP contribution in [0.25, 0.3) is 5.69 Å². The molecule has 5 aromatic rings. The molecule has 1 heterocycles. The molecule has 2 N–H and O–H groups in total. The number of hydrogen-bond acceptors (Lipinski definition) is 5. The summed E-state index contributed by atoms with van der Waals surface area (Å²) in [4.78, 5) is 13.2. The maximum atomic E-state index is 13.5. The van der Waals surface area contributed by atoms with Crippen LogP contribution in [0.2, 0.25) is 0 Å². The molecule has 43 heavy (non-hydrogen) atoms. The van der Waals surface area contributed by atoms with Crippen molar-refractivity contribution >= 4 is 27.5 Å². The summed E-state index contributed by atoms with van der Waals surface area (Å²) < 4.78 is 47.9. The quantitative estimate of drug-likeness (QED) is 0.183. The Balaban J connectivity index is 1.35. The molecule has 7 nitrogen and oxygen atoms in total. The highest BCUT2D eigenvalue weighted by atomic mass is 79.9. The molecule has 1 amide bonds. The van der Waals surface area contributed by atoms with E-state index in [2.05, 4.69) is 26.3 Å². The molecular formula is C32H22BrF3N4O3. The van der Waals surface area contributed by atoms with Gasteiger partial charge in [0.2, 0.25) is 0 Å². The summed E-state index contributed by atoms with van der Waals surface area (Å²) in [7, 11) is 0. The van der Waals surface area contributed by atoms with Crippen LogP contribution in [0, 0.1) is 11.3 Å². The van der Waals surface area contributed by atoms with Gasteiger partial charge in [-0.15, -0.1) is 0 Å². The van der Waals surface area contributed by atoms with E-state index in [9.17, 15) is 28.3 Å². The van der Waals surface area contributed by atoms with Crippen molar-refractivity contribution in [2.24, 2.45) is 0 Å². The van der Waals surface area contributed by atoms with Gasteiger partial charge < -0.3 is 15.2 Å². The first-order valence-corrected chi connectivity index (χ1v) is 13.6. The number of nitriles is 1. The van der Waals surface area contributed by atoms with Crippen LogP contribution in [-0.4, -0.2) is 20.8 Å². The zero-order chi connectivity index (χ0) is 30.6. The Morgan fingerprint density at radius 1 is 0.977 bits per heavy atom. The predicted octanol–water partition coefficient (Wildman–Crippen LogP) is 7.44. The number of halogens is 4. The van der Waals surface area contributed by atoms with Crippen molar-refractivity contribution in [1.29, 1.82) is 5.26 Å². The molecule has 0 saturated carbocycles. The molecule has 0 saturated heterocycles. The molecule has 216 valence electrons. The lowest BCUT2D eigenvalue weighted by atomic mass is 10.0. The van der Waals surface area contributed by atoms with Gasteiger partial charge in [-0.25, -0.2) is 4.68 Å². The van der Waals surface area contributed by atoms with E-state index in [0.29, 0.717) is 34.0 Å². The molecule has 0 radical (unpaired) electrons. The van der Waals surface area contributed by atoms with Crippen LogP contribution in [0.15, 0.2) is 108 Å². The Labute approximate surface area is 252 Å².